The normalized spacial score (nSPS) is 15.8. The van der Waals surface area contributed by atoms with Crippen molar-refractivity contribution in [3.63, 3.8) is 0 Å². The Hall–Kier alpha value is -2.64. The first kappa shape index (κ1) is 20.6. The van der Waals surface area contributed by atoms with E-state index in [0.717, 1.165) is 28.8 Å². The minimum atomic E-state index is -0.486. The SMILES string of the molecule is COc1ccc(C2c3c(oc4ccc(Br)cc4c3=O)C(=O)N2CCCN(C)C)cc1. The molecule has 1 unspecified atom stereocenters. The second-order valence-electron chi connectivity index (χ2n) is 7.65. The Labute approximate surface area is 183 Å². The quantitative estimate of drug-likeness (QED) is 0.543. The lowest BCUT2D eigenvalue weighted by Gasteiger charge is -2.25. The van der Waals surface area contributed by atoms with Gasteiger partial charge in [0, 0.05) is 11.0 Å². The molecule has 1 amide bonds. The molecule has 0 radical (unpaired) electrons. The number of nitrogens with zero attached hydrogens (tertiary/aromatic N) is 2. The predicted octanol–water partition coefficient (Wildman–Crippen LogP) is 4.06. The molecule has 1 aliphatic rings. The zero-order valence-electron chi connectivity index (χ0n) is 17.1. The third kappa shape index (κ3) is 3.63. The van der Waals surface area contributed by atoms with E-state index in [1.807, 2.05) is 38.4 Å². The summed E-state index contributed by atoms with van der Waals surface area (Å²) in [6.45, 7) is 1.36. The average Bonchev–Trinajstić information content (AvgIpc) is 3.01. The van der Waals surface area contributed by atoms with Gasteiger partial charge in [-0.3, -0.25) is 9.59 Å². The third-order valence-corrected chi connectivity index (χ3v) is 5.86. The fraction of sp³-hybridized carbons (Fsp3) is 0.304. The highest BCUT2D eigenvalue weighted by atomic mass is 79.9. The van der Waals surface area contributed by atoms with Gasteiger partial charge in [0.25, 0.3) is 5.91 Å². The van der Waals surface area contributed by atoms with E-state index < -0.39 is 6.04 Å². The van der Waals surface area contributed by atoms with Gasteiger partial charge in [-0.25, -0.2) is 0 Å². The second kappa shape index (κ2) is 8.24. The minimum absolute atomic E-state index is 0.139. The first-order chi connectivity index (χ1) is 14.4. The van der Waals surface area contributed by atoms with E-state index in [4.69, 9.17) is 9.15 Å². The molecule has 1 aliphatic heterocycles. The Morgan fingerprint density at radius 1 is 1.13 bits per heavy atom. The Kier molecular flexibility index (Phi) is 5.66. The molecule has 6 nitrogen and oxygen atoms in total. The van der Waals surface area contributed by atoms with Gasteiger partial charge >= 0.3 is 0 Å². The number of halogens is 1. The monoisotopic (exact) mass is 470 g/mol. The van der Waals surface area contributed by atoms with Gasteiger partial charge in [-0.2, -0.15) is 0 Å². The summed E-state index contributed by atoms with van der Waals surface area (Å²) in [7, 11) is 5.60. The standard InChI is InChI=1S/C23H23BrN2O4/c1-25(2)11-4-12-26-20(14-5-8-16(29-3)9-6-14)19-21(27)17-13-15(24)7-10-18(17)30-22(19)23(26)28/h5-10,13,20H,4,11-12H2,1-3H3. The summed E-state index contributed by atoms with van der Waals surface area (Å²) >= 11 is 3.42. The molecule has 0 fully saturated rings. The van der Waals surface area contributed by atoms with Gasteiger partial charge in [0.05, 0.1) is 24.1 Å². The van der Waals surface area contributed by atoms with Crippen LogP contribution >= 0.6 is 15.9 Å². The summed E-state index contributed by atoms with van der Waals surface area (Å²) in [6.07, 6.45) is 0.790. The molecule has 0 saturated heterocycles. The maximum atomic E-state index is 13.5. The van der Waals surface area contributed by atoms with E-state index in [1.54, 1.807) is 30.2 Å². The molecule has 2 heterocycles. The molecule has 4 rings (SSSR count). The van der Waals surface area contributed by atoms with Gasteiger partial charge in [0.15, 0.2) is 5.43 Å². The van der Waals surface area contributed by atoms with E-state index >= 15 is 0 Å². The number of hydrogen-bond acceptors (Lipinski definition) is 5. The highest BCUT2D eigenvalue weighted by molar-refractivity contribution is 9.10. The Bertz CT molecular complexity index is 1150. The van der Waals surface area contributed by atoms with Crippen LogP contribution in [0.1, 0.15) is 34.1 Å². The van der Waals surface area contributed by atoms with Crippen molar-refractivity contribution in [3.05, 3.63) is 74.0 Å². The summed E-state index contributed by atoms with van der Waals surface area (Å²) in [5.74, 6) is 0.615. The van der Waals surface area contributed by atoms with E-state index in [2.05, 4.69) is 20.8 Å². The lowest BCUT2D eigenvalue weighted by Crippen LogP contribution is -2.32. The highest BCUT2D eigenvalue weighted by Crippen LogP contribution is 2.38. The number of carbonyl (C=O) groups is 1. The van der Waals surface area contributed by atoms with Crippen LogP contribution in [0.25, 0.3) is 11.0 Å². The van der Waals surface area contributed by atoms with Crippen molar-refractivity contribution in [2.24, 2.45) is 0 Å². The van der Waals surface area contributed by atoms with Crippen LogP contribution in [0.4, 0.5) is 0 Å². The third-order valence-electron chi connectivity index (χ3n) is 5.36. The summed E-state index contributed by atoms with van der Waals surface area (Å²) in [5, 5.41) is 0.463. The molecule has 1 atom stereocenters. The number of hydrogen-bond donors (Lipinski definition) is 0. The van der Waals surface area contributed by atoms with Gasteiger partial charge in [0.1, 0.15) is 11.3 Å². The molecule has 7 heteroatoms. The molecule has 30 heavy (non-hydrogen) atoms. The van der Waals surface area contributed by atoms with Crippen LogP contribution in [0.2, 0.25) is 0 Å². The highest BCUT2D eigenvalue weighted by Gasteiger charge is 2.42. The van der Waals surface area contributed by atoms with Crippen LogP contribution < -0.4 is 10.2 Å². The van der Waals surface area contributed by atoms with Gasteiger partial charge < -0.3 is 19.0 Å². The molecule has 0 spiro atoms. The maximum Gasteiger partial charge on any atom is 0.290 e. The number of carbonyl (C=O) groups excluding carboxylic acids is 1. The Balaban J connectivity index is 1.86. The predicted molar refractivity (Wildman–Crippen MR) is 119 cm³/mol. The lowest BCUT2D eigenvalue weighted by molar-refractivity contribution is 0.0722. The Morgan fingerprint density at radius 3 is 2.53 bits per heavy atom. The molecular weight excluding hydrogens is 448 g/mol. The second-order valence-corrected chi connectivity index (χ2v) is 8.56. The molecule has 2 aromatic carbocycles. The van der Waals surface area contributed by atoms with Gasteiger partial charge in [-0.15, -0.1) is 0 Å². The topological polar surface area (TPSA) is 63.0 Å². The summed E-state index contributed by atoms with van der Waals surface area (Å²) < 4.78 is 12.0. The number of fused-ring (bicyclic) bond motifs is 2. The maximum absolute atomic E-state index is 13.5. The molecule has 0 aliphatic carbocycles. The Morgan fingerprint density at radius 2 is 1.87 bits per heavy atom. The van der Waals surface area contributed by atoms with Crippen LogP contribution in [-0.2, 0) is 0 Å². The lowest BCUT2D eigenvalue weighted by atomic mass is 9.98. The summed E-state index contributed by atoms with van der Waals surface area (Å²) in [5.41, 5.74) is 1.51. The van der Waals surface area contributed by atoms with Crippen LogP contribution in [0.15, 0.2) is 56.1 Å². The molecule has 3 aromatic rings. The largest absolute Gasteiger partial charge is 0.497 e. The van der Waals surface area contributed by atoms with Crippen molar-refractivity contribution in [3.8, 4) is 5.75 Å². The first-order valence-electron chi connectivity index (χ1n) is 9.76. The number of benzene rings is 2. The molecule has 1 aromatic heterocycles. The molecule has 0 N–H and O–H groups in total. The minimum Gasteiger partial charge on any atom is -0.497 e. The summed E-state index contributed by atoms with van der Waals surface area (Å²) in [4.78, 5) is 30.6. The van der Waals surface area contributed by atoms with Gasteiger partial charge in [0.2, 0.25) is 5.76 Å². The van der Waals surface area contributed by atoms with Crippen molar-refractivity contribution in [2.45, 2.75) is 12.5 Å². The average molecular weight is 471 g/mol. The van der Waals surface area contributed by atoms with Crippen LogP contribution in [0.5, 0.6) is 5.75 Å². The molecular formula is C23H23BrN2O4. The van der Waals surface area contributed by atoms with Crippen molar-refractivity contribution >= 4 is 32.8 Å². The van der Waals surface area contributed by atoms with Crippen molar-refractivity contribution in [1.82, 2.24) is 9.80 Å². The summed E-state index contributed by atoms with van der Waals surface area (Å²) in [6, 6.07) is 12.2. The number of rotatable bonds is 6. The van der Waals surface area contributed by atoms with E-state index in [9.17, 15) is 9.59 Å². The van der Waals surface area contributed by atoms with Crippen molar-refractivity contribution in [2.75, 3.05) is 34.3 Å². The zero-order valence-corrected chi connectivity index (χ0v) is 18.7. The van der Waals surface area contributed by atoms with Gasteiger partial charge in [-0.1, -0.05) is 28.1 Å². The van der Waals surface area contributed by atoms with E-state index in [-0.39, 0.29) is 17.1 Å². The van der Waals surface area contributed by atoms with Crippen molar-refractivity contribution < 1.29 is 13.9 Å². The molecule has 156 valence electrons. The van der Waals surface area contributed by atoms with Crippen LogP contribution in [0, 0.1) is 0 Å². The van der Waals surface area contributed by atoms with E-state index in [0.29, 0.717) is 23.1 Å². The van der Waals surface area contributed by atoms with E-state index in [1.165, 1.54) is 0 Å². The number of ether oxygens (including phenoxy) is 1. The number of methoxy groups -OCH3 is 1. The molecule has 0 bridgehead atoms. The fourth-order valence-electron chi connectivity index (χ4n) is 3.91. The zero-order chi connectivity index (χ0) is 21.4. The van der Waals surface area contributed by atoms with Crippen LogP contribution in [-0.4, -0.2) is 50.0 Å². The first-order valence-corrected chi connectivity index (χ1v) is 10.6. The van der Waals surface area contributed by atoms with Crippen molar-refractivity contribution in [1.29, 1.82) is 0 Å². The fourth-order valence-corrected chi connectivity index (χ4v) is 4.27. The molecule has 0 saturated carbocycles. The smallest absolute Gasteiger partial charge is 0.290 e. The number of amides is 1. The van der Waals surface area contributed by atoms with Crippen LogP contribution in [0.3, 0.4) is 0 Å². The van der Waals surface area contributed by atoms with Gasteiger partial charge in [-0.05, 0) is 63.0 Å².